The van der Waals surface area contributed by atoms with Gasteiger partial charge < -0.3 is 5.32 Å². The van der Waals surface area contributed by atoms with E-state index in [1.807, 2.05) is 29.7 Å². The molecule has 3 atom stereocenters. The van der Waals surface area contributed by atoms with Gasteiger partial charge in [0.15, 0.2) is 5.13 Å². The number of nitrogens with one attached hydrogen (secondary N) is 1. The molecule has 2 aromatic rings. The zero-order valence-electron chi connectivity index (χ0n) is 16.4. The molecular weight excluding hydrogens is 386 g/mol. The molecule has 0 saturated carbocycles. The Hall–Kier alpha value is -2.80. The van der Waals surface area contributed by atoms with Gasteiger partial charge in [0.05, 0.1) is 17.5 Å². The summed E-state index contributed by atoms with van der Waals surface area (Å²) >= 11 is 1.32. The van der Waals surface area contributed by atoms with E-state index >= 15 is 0 Å². The summed E-state index contributed by atoms with van der Waals surface area (Å²) < 4.78 is 0. The van der Waals surface area contributed by atoms with Crippen LogP contribution >= 0.6 is 11.3 Å². The quantitative estimate of drug-likeness (QED) is 0.604. The Morgan fingerprint density at radius 3 is 2.38 bits per heavy atom. The van der Waals surface area contributed by atoms with Crippen molar-refractivity contribution >= 4 is 34.2 Å². The zero-order chi connectivity index (χ0) is 20.5. The number of nitrogens with zero attached hydrogens (tertiary/aromatic N) is 2. The number of amides is 3. The molecule has 4 rings (SSSR count). The molecule has 2 heterocycles. The third-order valence-corrected chi connectivity index (χ3v) is 6.46. The highest BCUT2D eigenvalue weighted by molar-refractivity contribution is 7.14. The average molecular weight is 410 g/mol. The minimum Gasteiger partial charge on any atom is -0.300 e. The summed E-state index contributed by atoms with van der Waals surface area (Å²) in [6.45, 7) is 3.70. The molecule has 1 aromatic heterocycles. The lowest BCUT2D eigenvalue weighted by molar-refractivity contribution is -0.146. The summed E-state index contributed by atoms with van der Waals surface area (Å²) in [5, 5.41) is 5.10. The molecule has 1 aliphatic heterocycles. The van der Waals surface area contributed by atoms with Crippen LogP contribution in [0.3, 0.4) is 0 Å². The Balaban J connectivity index is 1.45. The number of imide groups is 1. The molecule has 1 aromatic carbocycles. The van der Waals surface area contributed by atoms with Crippen LogP contribution < -0.4 is 5.32 Å². The van der Waals surface area contributed by atoms with Crippen LogP contribution in [0.25, 0.3) is 11.3 Å². The van der Waals surface area contributed by atoms with Crippen molar-refractivity contribution in [2.24, 2.45) is 11.8 Å². The van der Waals surface area contributed by atoms with E-state index in [-0.39, 0.29) is 23.7 Å². The fraction of sp³-hybridized carbons (Fsp3) is 0.364. The van der Waals surface area contributed by atoms with Crippen molar-refractivity contribution in [2.75, 3.05) is 5.32 Å². The first-order valence-electron chi connectivity index (χ1n) is 9.87. The first kappa shape index (κ1) is 19.5. The van der Waals surface area contributed by atoms with Gasteiger partial charge in [-0.2, -0.15) is 0 Å². The summed E-state index contributed by atoms with van der Waals surface area (Å²) in [6.07, 6.45) is 5.97. The van der Waals surface area contributed by atoms with E-state index < -0.39 is 11.9 Å². The third kappa shape index (κ3) is 3.62. The van der Waals surface area contributed by atoms with Crippen molar-refractivity contribution in [1.82, 2.24) is 9.88 Å². The van der Waals surface area contributed by atoms with Gasteiger partial charge in [0, 0.05) is 10.9 Å². The second-order valence-electron chi connectivity index (χ2n) is 7.46. The van der Waals surface area contributed by atoms with E-state index in [0.29, 0.717) is 18.0 Å². The first-order valence-corrected chi connectivity index (χ1v) is 10.7. The third-order valence-electron chi connectivity index (χ3n) is 5.70. The number of anilines is 1. The van der Waals surface area contributed by atoms with Crippen LogP contribution in [0.2, 0.25) is 0 Å². The maximum Gasteiger partial charge on any atom is 0.249 e. The molecule has 0 radical (unpaired) electrons. The fourth-order valence-corrected chi connectivity index (χ4v) is 4.63. The number of allylic oxidation sites excluding steroid dienone is 2. The Labute approximate surface area is 173 Å². The van der Waals surface area contributed by atoms with Crippen LogP contribution in [0.5, 0.6) is 0 Å². The van der Waals surface area contributed by atoms with Crippen LogP contribution in [-0.4, -0.2) is 33.6 Å². The Morgan fingerprint density at radius 2 is 1.79 bits per heavy atom. The van der Waals surface area contributed by atoms with Gasteiger partial charge in [-0.15, -0.1) is 11.3 Å². The molecule has 29 heavy (non-hydrogen) atoms. The lowest BCUT2D eigenvalue weighted by Crippen LogP contribution is -2.46. The summed E-state index contributed by atoms with van der Waals surface area (Å²) in [5.41, 5.74) is 3.02. The maximum atomic E-state index is 12.7. The Kier molecular flexibility index (Phi) is 5.32. The molecule has 7 heteroatoms. The minimum absolute atomic E-state index is 0.247. The predicted molar refractivity (Wildman–Crippen MR) is 112 cm³/mol. The summed E-state index contributed by atoms with van der Waals surface area (Å²) in [7, 11) is 0. The molecule has 1 aliphatic carbocycles. The molecule has 0 spiro atoms. The number of carbonyl (C=O) groups excluding carboxylic acids is 3. The number of thiazole rings is 1. The lowest BCUT2D eigenvalue weighted by Gasteiger charge is -2.21. The summed E-state index contributed by atoms with van der Waals surface area (Å²) in [4.78, 5) is 43.7. The summed E-state index contributed by atoms with van der Waals surface area (Å²) in [5.74, 6) is -1.56. The highest BCUT2D eigenvalue weighted by atomic mass is 32.1. The van der Waals surface area contributed by atoms with Crippen molar-refractivity contribution < 1.29 is 14.4 Å². The number of hydrogen-bond acceptors (Lipinski definition) is 5. The van der Waals surface area contributed by atoms with E-state index in [0.717, 1.165) is 22.6 Å². The van der Waals surface area contributed by atoms with Crippen LogP contribution in [0.1, 0.15) is 32.3 Å². The monoisotopic (exact) mass is 409 g/mol. The molecule has 3 amide bonds. The smallest absolute Gasteiger partial charge is 0.249 e. The molecule has 150 valence electrons. The highest BCUT2D eigenvalue weighted by Crippen LogP contribution is 2.36. The molecule has 1 saturated heterocycles. The van der Waals surface area contributed by atoms with Gasteiger partial charge in [-0.1, -0.05) is 43.3 Å². The zero-order valence-corrected chi connectivity index (χ0v) is 17.2. The van der Waals surface area contributed by atoms with Crippen LogP contribution in [0.4, 0.5) is 5.13 Å². The molecule has 2 aliphatic rings. The van der Waals surface area contributed by atoms with Crippen LogP contribution in [0.15, 0.2) is 41.8 Å². The molecule has 3 unspecified atom stereocenters. The number of rotatable bonds is 5. The summed E-state index contributed by atoms with van der Waals surface area (Å²) in [6, 6.07) is 7.29. The topological polar surface area (TPSA) is 79.4 Å². The number of aromatic nitrogens is 1. The van der Waals surface area contributed by atoms with Gasteiger partial charge in [0.2, 0.25) is 17.7 Å². The number of likely N-dealkylation sites (tertiary alicyclic amines) is 1. The normalized spacial score (nSPS) is 21.9. The van der Waals surface area contributed by atoms with E-state index in [4.69, 9.17) is 0 Å². The predicted octanol–water partition coefficient (Wildman–Crippen LogP) is 3.65. The van der Waals surface area contributed by atoms with Gasteiger partial charge >= 0.3 is 0 Å². The van der Waals surface area contributed by atoms with Gasteiger partial charge in [-0.3, -0.25) is 19.3 Å². The number of fused-ring (bicyclic) bond motifs is 1. The van der Waals surface area contributed by atoms with Crippen molar-refractivity contribution in [3.05, 3.63) is 47.4 Å². The molecule has 0 bridgehead atoms. The SMILES string of the molecule is CCc1ccc(-c2csc(NC(=O)C(C)N3C(=O)C4CC=CCC4C3=O)n2)cc1. The standard InChI is InChI=1S/C22H23N3O3S/c1-3-14-8-10-15(11-9-14)18-12-29-22(23-18)24-19(26)13(2)25-20(27)16-6-4-5-7-17(16)21(25)28/h4-5,8-13,16-17H,3,6-7H2,1-2H3,(H,23,24,26). The van der Waals surface area contributed by atoms with Crippen molar-refractivity contribution in [3.63, 3.8) is 0 Å². The first-order chi connectivity index (χ1) is 14.0. The van der Waals surface area contributed by atoms with Crippen molar-refractivity contribution in [3.8, 4) is 11.3 Å². The van der Waals surface area contributed by atoms with E-state index in [1.54, 1.807) is 6.92 Å². The largest absolute Gasteiger partial charge is 0.300 e. The maximum absolute atomic E-state index is 12.7. The Morgan fingerprint density at radius 1 is 1.17 bits per heavy atom. The van der Waals surface area contributed by atoms with Gasteiger partial charge in [-0.05, 0) is 31.7 Å². The van der Waals surface area contributed by atoms with Gasteiger partial charge in [-0.25, -0.2) is 4.98 Å². The average Bonchev–Trinajstić information content (AvgIpc) is 3.31. The second-order valence-corrected chi connectivity index (χ2v) is 8.31. The van der Waals surface area contributed by atoms with E-state index in [2.05, 4.69) is 29.4 Å². The van der Waals surface area contributed by atoms with Gasteiger partial charge in [0.25, 0.3) is 0 Å². The minimum atomic E-state index is -0.864. The van der Waals surface area contributed by atoms with Crippen LogP contribution in [-0.2, 0) is 20.8 Å². The molecular formula is C22H23N3O3S. The van der Waals surface area contributed by atoms with Crippen LogP contribution in [0, 0.1) is 11.8 Å². The van der Waals surface area contributed by atoms with Crippen molar-refractivity contribution in [1.29, 1.82) is 0 Å². The Bertz CT molecular complexity index is 953. The fourth-order valence-electron chi connectivity index (χ4n) is 3.91. The molecule has 6 nitrogen and oxygen atoms in total. The van der Waals surface area contributed by atoms with E-state index in [1.165, 1.54) is 16.9 Å². The lowest BCUT2D eigenvalue weighted by atomic mass is 9.85. The van der Waals surface area contributed by atoms with Gasteiger partial charge in [0.1, 0.15) is 6.04 Å². The number of benzene rings is 1. The number of carbonyl (C=O) groups is 3. The van der Waals surface area contributed by atoms with E-state index in [9.17, 15) is 14.4 Å². The number of aryl methyl sites for hydroxylation is 1. The number of hydrogen-bond donors (Lipinski definition) is 1. The molecule has 1 N–H and O–H groups in total. The molecule has 1 fully saturated rings. The second kappa shape index (κ2) is 7.91. The highest BCUT2D eigenvalue weighted by Gasteiger charge is 2.50. The van der Waals surface area contributed by atoms with Crippen molar-refractivity contribution in [2.45, 2.75) is 39.2 Å².